The van der Waals surface area contributed by atoms with E-state index < -0.39 is 11.9 Å². The molecule has 84 valence electrons. The van der Waals surface area contributed by atoms with Gasteiger partial charge in [-0.05, 0) is 24.1 Å². The Bertz CT molecular complexity index is 425. The predicted octanol–water partition coefficient (Wildman–Crippen LogP) is 2.16. The van der Waals surface area contributed by atoms with Crippen LogP contribution in [0.25, 0.3) is 0 Å². The Morgan fingerprint density at radius 3 is 2.94 bits per heavy atom. The Morgan fingerprint density at radius 2 is 2.25 bits per heavy atom. The van der Waals surface area contributed by atoms with Crippen molar-refractivity contribution in [2.45, 2.75) is 12.3 Å². The summed E-state index contributed by atoms with van der Waals surface area (Å²) in [5.74, 6) is -0.176. The summed E-state index contributed by atoms with van der Waals surface area (Å²) >= 11 is 0. The lowest BCUT2D eigenvalue weighted by atomic mass is 9.95. The standard InChI is InChI=1S/C12H12O4/c1-2-3-9(12(13)14)8-4-5-10-11(6-8)16-7-15-10/h2,4-6,9H,1,3,7H2,(H,13,14)/t9-/m1/s1. The Labute approximate surface area is 93.1 Å². The van der Waals surface area contributed by atoms with Crippen molar-refractivity contribution in [1.29, 1.82) is 0 Å². The number of rotatable bonds is 4. The Balaban J connectivity index is 2.31. The molecule has 4 heteroatoms. The Hall–Kier alpha value is -1.97. The molecule has 0 saturated heterocycles. The number of carboxylic acid groups (broad SMARTS) is 1. The highest BCUT2D eigenvalue weighted by Gasteiger charge is 2.21. The second-order valence-corrected chi connectivity index (χ2v) is 3.53. The van der Waals surface area contributed by atoms with Crippen LogP contribution < -0.4 is 9.47 Å². The lowest BCUT2D eigenvalue weighted by Crippen LogP contribution is -2.10. The van der Waals surface area contributed by atoms with Gasteiger partial charge < -0.3 is 14.6 Å². The molecule has 0 amide bonds. The van der Waals surface area contributed by atoms with Crippen LogP contribution in [-0.2, 0) is 4.79 Å². The minimum atomic E-state index is -0.862. The van der Waals surface area contributed by atoms with Crippen LogP contribution >= 0.6 is 0 Å². The molecule has 1 atom stereocenters. The van der Waals surface area contributed by atoms with E-state index in [4.69, 9.17) is 14.6 Å². The maximum atomic E-state index is 11.1. The van der Waals surface area contributed by atoms with Gasteiger partial charge in [0.2, 0.25) is 6.79 Å². The fourth-order valence-electron chi connectivity index (χ4n) is 1.68. The van der Waals surface area contributed by atoms with Crippen molar-refractivity contribution in [1.82, 2.24) is 0 Å². The first-order valence-corrected chi connectivity index (χ1v) is 4.95. The number of aliphatic carboxylic acids is 1. The molecule has 1 aliphatic rings. The molecule has 0 radical (unpaired) electrons. The highest BCUT2D eigenvalue weighted by Crippen LogP contribution is 2.35. The molecule has 4 nitrogen and oxygen atoms in total. The van der Waals surface area contributed by atoms with E-state index >= 15 is 0 Å². The van der Waals surface area contributed by atoms with E-state index in [1.54, 1.807) is 24.3 Å². The average Bonchev–Trinajstić information content (AvgIpc) is 2.72. The van der Waals surface area contributed by atoms with Gasteiger partial charge in [-0.2, -0.15) is 0 Å². The van der Waals surface area contributed by atoms with Crippen molar-refractivity contribution in [2.75, 3.05) is 6.79 Å². The summed E-state index contributed by atoms with van der Waals surface area (Å²) in [5, 5.41) is 9.09. The second kappa shape index (κ2) is 4.26. The van der Waals surface area contributed by atoms with Gasteiger partial charge in [-0.3, -0.25) is 4.79 Å². The molecular weight excluding hydrogens is 208 g/mol. The monoisotopic (exact) mass is 220 g/mol. The third kappa shape index (κ3) is 1.86. The lowest BCUT2D eigenvalue weighted by molar-refractivity contribution is -0.138. The first-order valence-electron chi connectivity index (χ1n) is 4.95. The molecule has 0 unspecified atom stereocenters. The molecular formula is C12H12O4. The van der Waals surface area contributed by atoms with Gasteiger partial charge in [0.1, 0.15) is 0 Å². The SMILES string of the molecule is C=CC[C@@H](C(=O)O)c1ccc2c(c1)OCO2. The van der Waals surface area contributed by atoms with Gasteiger partial charge >= 0.3 is 5.97 Å². The van der Waals surface area contributed by atoms with Crippen molar-refractivity contribution in [3.63, 3.8) is 0 Å². The summed E-state index contributed by atoms with van der Waals surface area (Å²) in [6.45, 7) is 3.75. The van der Waals surface area contributed by atoms with Crippen LogP contribution in [0.15, 0.2) is 30.9 Å². The molecule has 1 aromatic carbocycles. The van der Waals surface area contributed by atoms with Gasteiger partial charge in [0.05, 0.1) is 5.92 Å². The fourth-order valence-corrected chi connectivity index (χ4v) is 1.68. The molecule has 0 saturated carbocycles. The van der Waals surface area contributed by atoms with Crippen molar-refractivity contribution in [3.8, 4) is 11.5 Å². The van der Waals surface area contributed by atoms with Crippen molar-refractivity contribution in [3.05, 3.63) is 36.4 Å². The lowest BCUT2D eigenvalue weighted by Gasteiger charge is -2.10. The Kier molecular flexibility index (Phi) is 2.81. The number of carbonyl (C=O) groups is 1. The van der Waals surface area contributed by atoms with Gasteiger partial charge in [0, 0.05) is 0 Å². The largest absolute Gasteiger partial charge is 0.481 e. The molecule has 0 aromatic heterocycles. The van der Waals surface area contributed by atoms with Gasteiger partial charge in [-0.15, -0.1) is 6.58 Å². The maximum absolute atomic E-state index is 11.1. The fraction of sp³-hybridized carbons (Fsp3) is 0.250. The molecule has 1 aliphatic heterocycles. The van der Waals surface area contributed by atoms with Gasteiger partial charge in [-0.25, -0.2) is 0 Å². The minimum absolute atomic E-state index is 0.192. The summed E-state index contributed by atoms with van der Waals surface area (Å²) in [6, 6.07) is 5.19. The summed E-state index contributed by atoms with van der Waals surface area (Å²) in [4.78, 5) is 11.1. The minimum Gasteiger partial charge on any atom is -0.481 e. The zero-order valence-electron chi connectivity index (χ0n) is 8.68. The van der Waals surface area contributed by atoms with Gasteiger partial charge in [0.25, 0.3) is 0 Å². The molecule has 1 N–H and O–H groups in total. The summed E-state index contributed by atoms with van der Waals surface area (Å²) in [6.07, 6.45) is 2.00. The Morgan fingerprint density at radius 1 is 1.50 bits per heavy atom. The molecule has 1 heterocycles. The van der Waals surface area contributed by atoms with Crippen LogP contribution in [0.3, 0.4) is 0 Å². The summed E-state index contributed by atoms with van der Waals surface area (Å²) < 4.78 is 10.4. The molecule has 16 heavy (non-hydrogen) atoms. The number of benzene rings is 1. The molecule has 0 aliphatic carbocycles. The first kappa shape index (κ1) is 10.5. The van der Waals surface area contributed by atoms with E-state index in [0.29, 0.717) is 23.5 Å². The summed E-state index contributed by atoms with van der Waals surface area (Å²) in [5.41, 5.74) is 0.705. The van der Waals surface area contributed by atoms with Crippen LogP contribution in [-0.4, -0.2) is 17.9 Å². The van der Waals surface area contributed by atoms with Crippen LogP contribution in [0.2, 0.25) is 0 Å². The van der Waals surface area contributed by atoms with Crippen LogP contribution in [0.1, 0.15) is 17.9 Å². The van der Waals surface area contributed by atoms with Gasteiger partial charge in [0.15, 0.2) is 11.5 Å². The van der Waals surface area contributed by atoms with E-state index in [-0.39, 0.29) is 6.79 Å². The normalized spacial score (nSPS) is 14.5. The smallest absolute Gasteiger partial charge is 0.311 e. The maximum Gasteiger partial charge on any atom is 0.311 e. The average molecular weight is 220 g/mol. The number of ether oxygens (including phenoxy) is 2. The first-order chi connectivity index (χ1) is 7.72. The molecule has 0 fully saturated rings. The van der Waals surface area contributed by atoms with Crippen LogP contribution in [0.5, 0.6) is 11.5 Å². The van der Waals surface area contributed by atoms with Crippen LogP contribution in [0.4, 0.5) is 0 Å². The summed E-state index contributed by atoms with van der Waals surface area (Å²) in [7, 11) is 0. The highest BCUT2D eigenvalue weighted by molar-refractivity contribution is 5.76. The van der Waals surface area contributed by atoms with Crippen molar-refractivity contribution >= 4 is 5.97 Å². The zero-order chi connectivity index (χ0) is 11.5. The third-order valence-electron chi connectivity index (χ3n) is 2.50. The molecule has 0 spiro atoms. The van der Waals surface area contributed by atoms with E-state index in [9.17, 15) is 4.79 Å². The van der Waals surface area contributed by atoms with E-state index in [0.717, 1.165) is 0 Å². The van der Waals surface area contributed by atoms with Gasteiger partial charge in [-0.1, -0.05) is 12.1 Å². The topological polar surface area (TPSA) is 55.8 Å². The third-order valence-corrected chi connectivity index (χ3v) is 2.50. The van der Waals surface area contributed by atoms with Crippen LogP contribution in [0, 0.1) is 0 Å². The van der Waals surface area contributed by atoms with E-state index in [1.165, 1.54) is 0 Å². The molecule has 0 bridgehead atoms. The quantitative estimate of drug-likeness (QED) is 0.790. The highest BCUT2D eigenvalue weighted by atomic mass is 16.7. The number of fused-ring (bicyclic) bond motifs is 1. The van der Waals surface area contributed by atoms with E-state index in [2.05, 4.69) is 6.58 Å². The predicted molar refractivity (Wildman–Crippen MR) is 57.8 cm³/mol. The number of hydrogen-bond donors (Lipinski definition) is 1. The zero-order valence-corrected chi connectivity index (χ0v) is 8.68. The van der Waals surface area contributed by atoms with Crippen molar-refractivity contribution in [2.24, 2.45) is 0 Å². The molecule has 2 rings (SSSR count). The number of allylic oxidation sites excluding steroid dienone is 1. The van der Waals surface area contributed by atoms with E-state index in [1.807, 2.05) is 0 Å². The van der Waals surface area contributed by atoms with Crippen molar-refractivity contribution < 1.29 is 19.4 Å². The second-order valence-electron chi connectivity index (χ2n) is 3.53. The number of hydrogen-bond acceptors (Lipinski definition) is 3. The number of carboxylic acids is 1. The molecule has 1 aromatic rings.